The first-order valence-corrected chi connectivity index (χ1v) is 5.71. The number of rotatable bonds is 5. The Balaban J connectivity index is 3.35. The van der Waals surface area contributed by atoms with E-state index in [2.05, 4.69) is 10.6 Å². The second-order valence-electron chi connectivity index (χ2n) is 3.63. The van der Waals surface area contributed by atoms with Gasteiger partial charge < -0.3 is 15.4 Å². The number of benzene rings is 1. The zero-order valence-electron chi connectivity index (χ0n) is 10.5. The summed E-state index contributed by atoms with van der Waals surface area (Å²) in [6.45, 7) is 1.48. The Morgan fingerprint density at radius 3 is 2.56 bits per heavy atom. The Bertz CT molecular complexity index is 475. The fourth-order valence-electron chi connectivity index (χ4n) is 1.55. The van der Waals surface area contributed by atoms with E-state index < -0.39 is 0 Å². The fraction of sp³-hybridized carbons (Fsp3) is 0.333. The van der Waals surface area contributed by atoms with Crippen LogP contribution in [0, 0.1) is 0 Å². The van der Waals surface area contributed by atoms with Gasteiger partial charge in [0.2, 0.25) is 5.91 Å². The topological polar surface area (TPSA) is 67.4 Å². The maximum Gasteiger partial charge on any atom is 0.221 e. The van der Waals surface area contributed by atoms with Crippen LogP contribution < -0.4 is 15.4 Å². The highest BCUT2D eigenvalue weighted by Gasteiger charge is 2.19. The number of ketones is 1. The summed E-state index contributed by atoms with van der Waals surface area (Å²) in [5.41, 5.74) is 0.554. The molecule has 0 heterocycles. The summed E-state index contributed by atoms with van der Waals surface area (Å²) in [4.78, 5) is 23.2. The second kappa shape index (κ2) is 6.37. The van der Waals surface area contributed by atoms with Crippen LogP contribution in [0.2, 0.25) is 5.02 Å². The molecule has 18 heavy (non-hydrogen) atoms. The van der Waals surface area contributed by atoms with Crippen molar-refractivity contribution in [3.63, 3.8) is 0 Å². The van der Waals surface area contributed by atoms with E-state index in [0.29, 0.717) is 11.4 Å². The third-order valence-electron chi connectivity index (χ3n) is 2.25. The molecule has 1 amide bonds. The van der Waals surface area contributed by atoms with Gasteiger partial charge in [-0.15, -0.1) is 0 Å². The van der Waals surface area contributed by atoms with Crippen LogP contribution in [0.4, 0.5) is 5.69 Å². The first-order chi connectivity index (χ1) is 8.51. The standard InChI is InChI=1S/C12H15ClN2O3/c1-7(16)15-12-10(18-3)5-4-8(13)11(12)9(17)6-14-2/h4-5,14H,6H2,1-3H3,(H,15,16). The number of anilines is 1. The Morgan fingerprint density at radius 1 is 1.39 bits per heavy atom. The van der Waals surface area contributed by atoms with E-state index in [9.17, 15) is 9.59 Å². The molecule has 98 valence electrons. The van der Waals surface area contributed by atoms with Crippen molar-refractivity contribution in [1.29, 1.82) is 0 Å². The number of hydrogen-bond donors (Lipinski definition) is 2. The summed E-state index contributed by atoms with van der Waals surface area (Å²) in [6, 6.07) is 3.17. The van der Waals surface area contributed by atoms with E-state index in [1.54, 1.807) is 19.2 Å². The molecule has 0 radical (unpaired) electrons. The molecule has 1 aromatic rings. The van der Waals surface area contributed by atoms with Gasteiger partial charge in [0.05, 0.1) is 29.9 Å². The molecule has 5 nitrogen and oxygen atoms in total. The third-order valence-corrected chi connectivity index (χ3v) is 2.57. The van der Waals surface area contributed by atoms with Crippen molar-refractivity contribution in [2.45, 2.75) is 6.92 Å². The monoisotopic (exact) mass is 270 g/mol. The molecule has 1 rings (SSSR count). The minimum Gasteiger partial charge on any atom is -0.495 e. The number of Topliss-reactive ketones (excluding diaryl/α,β-unsaturated/α-hetero) is 1. The third kappa shape index (κ3) is 3.21. The molecule has 0 fully saturated rings. The quantitative estimate of drug-likeness (QED) is 0.800. The fourth-order valence-corrected chi connectivity index (χ4v) is 1.81. The van der Waals surface area contributed by atoms with Gasteiger partial charge in [0.15, 0.2) is 5.78 Å². The maximum atomic E-state index is 12.0. The molecule has 0 bridgehead atoms. The van der Waals surface area contributed by atoms with Crippen LogP contribution in [-0.2, 0) is 4.79 Å². The Hall–Kier alpha value is -1.59. The van der Waals surface area contributed by atoms with Gasteiger partial charge >= 0.3 is 0 Å². The molecule has 0 aliphatic rings. The van der Waals surface area contributed by atoms with Gasteiger partial charge in [0, 0.05) is 6.92 Å². The lowest BCUT2D eigenvalue weighted by molar-refractivity contribution is -0.114. The Morgan fingerprint density at radius 2 is 2.06 bits per heavy atom. The zero-order chi connectivity index (χ0) is 13.7. The van der Waals surface area contributed by atoms with Gasteiger partial charge in [-0.25, -0.2) is 0 Å². The highest BCUT2D eigenvalue weighted by Crippen LogP contribution is 2.34. The zero-order valence-corrected chi connectivity index (χ0v) is 11.2. The largest absolute Gasteiger partial charge is 0.495 e. The average Bonchev–Trinajstić information content (AvgIpc) is 2.29. The molecule has 0 atom stereocenters. The molecular weight excluding hydrogens is 256 g/mol. The number of amides is 1. The molecule has 2 N–H and O–H groups in total. The van der Waals surface area contributed by atoms with Crippen LogP contribution in [0.25, 0.3) is 0 Å². The Labute approximate surface area is 110 Å². The lowest BCUT2D eigenvalue weighted by Crippen LogP contribution is -2.21. The number of nitrogens with one attached hydrogen (secondary N) is 2. The van der Waals surface area contributed by atoms with Crippen LogP contribution in [0.3, 0.4) is 0 Å². The molecule has 0 aliphatic heterocycles. The number of likely N-dealkylation sites (N-methyl/N-ethyl adjacent to an activating group) is 1. The first-order valence-electron chi connectivity index (χ1n) is 5.33. The number of ether oxygens (including phenoxy) is 1. The van der Waals surface area contributed by atoms with Gasteiger partial charge in [0.1, 0.15) is 5.75 Å². The molecule has 0 saturated heterocycles. The van der Waals surface area contributed by atoms with Crippen molar-refractivity contribution in [1.82, 2.24) is 5.32 Å². The summed E-state index contributed by atoms with van der Waals surface area (Å²) < 4.78 is 5.12. The van der Waals surface area contributed by atoms with E-state index in [-0.39, 0.29) is 28.8 Å². The van der Waals surface area contributed by atoms with E-state index >= 15 is 0 Å². The average molecular weight is 271 g/mol. The minimum absolute atomic E-state index is 0.124. The smallest absolute Gasteiger partial charge is 0.221 e. The van der Waals surface area contributed by atoms with Crippen LogP contribution in [0.5, 0.6) is 5.75 Å². The van der Waals surface area contributed by atoms with Gasteiger partial charge in [0.25, 0.3) is 0 Å². The van der Waals surface area contributed by atoms with Crippen LogP contribution >= 0.6 is 11.6 Å². The predicted octanol–water partition coefficient (Wildman–Crippen LogP) is 1.71. The van der Waals surface area contributed by atoms with Crippen LogP contribution in [0.15, 0.2) is 12.1 Å². The predicted molar refractivity (Wildman–Crippen MR) is 70.6 cm³/mol. The molecule has 6 heteroatoms. The van der Waals surface area contributed by atoms with Gasteiger partial charge in [-0.3, -0.25) is 9.59 Å². The molecule has 0 aliphatic carbocycles. The van der Waals surface area contributed by atoms with Crippen LogP contribution in [-0.4, -0.2) is 32.4 Å². The van der Waals surface area contributed by atoms with Gasteiger partial charge in [-0.05, 0) is 19.2 Å². The summed E-state index contributed by atoms with van der Waals surface area (Å²) in [5.74, 6) is -0.117. The molecule has 1 aromatic carbocycles. The molecular formula is C12H15ClN2O3. The number of hydrogen-bond acceptors (Lipinski definition) is 4. The van der Waals surface area contributed by atoms with Crippen molar-refractivity contribution in [3.8, 4) is 5.75 Å². The van der Waals surface area contributed by atoms with Crippen molar-refractivity contribution < 1.29 is 14.3 Å². The Kier molecular flexibility index (Phi) is 5.12. The number of carbonyl (C=O) groups excluding carboxylic acids is 2. The minimum atomic E-state index is -0.297. The van der Waals surface area contributed by atoms with E-state index in [1.807, 2.05) is 0 Å². The molecule has 0 spiro atoms. The maximum absolute atomic E-state index is 12.0. The van der Waals surface area contributed by atoms with Crippen molar-refractivity contribution in [3.05, 3.63) is 22.7 Å². The highest BCUT2D eigenvalue weighted by atomic mass is 35.5. The lowest BCUT2D eigenvalue weighted by Gasteiger charge is -2.14. The van der Waals surface area contributed by atoms with Gasteiger partial charge in [-0.1, -0.05) is 11.6 Å². The number of methoxy groups -OCH3 is 1. The van der Waals surface area contributed by atoms with Gasteiger partial charge in [-0.2, -0.15) is 0 Å². The van der Waals surface area contributed by atoms with E-state index in [1.165, 1.54) is 14.0 Å². The number of halogens is 1. The highest BCUT2D eigenvalue weighted by molar-refractivity contribution is 6.35. The second-order valence-corrected chi connectivity index (χ2v) is 4.04. The number of carbonyl (C=O) groups is 2. The summed E-state index contributed by atoms with van der Waals surface area (Å²) >= 11 is 6.02. The van der Waals surface area contributed by atoms with E-state index in [0.717, 1.165) is 0 Å². The summed E-state index contributed by atoms with van der Waals surface area (Å²) in [5, 5.41) is 5.60. The first kappa shape index (κ1) is 14.5. The summed E-state index contributed by atoms with van der Waals surface area (Å²) in [7, 11) is 3.12. The van der Waals surface area contributed by atoms with Crippen molar-refractivity contribution >= 4 is 29.0 Å². The normalized spacial score (nSPS) is 10.0. The van der Waals surface area contributed by atoms with Crippen molar-refractivity contribution in [2.75, 3.05) is 26.0 Å². The summed E-state index contributed by atoms with van der Waals surface area (Å²) in [6.07, 6.45) is 0. The molecule has 0 unspecified atom stereocenters. The SMILES string of the molecule is CNCC(=O)c1c(Cl)ccc(OC)c1NC(C)=O. The van der Waals surface area contributed by atoms with E-state index in [4.69, 9.17) is 16.3 Å². The molecule has 0 saturated carbocycles. The molecule has 0 aromatic heterocycles. The van der Waals surface area contributed by atoms with Crippen LogP contribution in [0.1, 0.15) is 17.3 Å². The van der Waals surface area contributed by atoms with Crippen molar-refractivity contribution in [2.24, 2.45) is 0 Å². The lowest BCUT2D eigenvalue weighted by atomic mass is 10.1.